The molecule has 0 saturated carbocycles. The van der Waals surface area contributed by atoms with Crippen molar-refractivity contribution in [1.29, 1.82) is 0 Å². The summed E-state index contributed by atoms with van der Waals surface area (Å²) in [4.78, 5) is 21.1. The molecule has 0 fully saturated rings. The number of amides is 1. The third-order valence-corrected chi connectivity index (χ3v) is 3.67. The molecule has 6 heteroatoms. The van der Waals surface area contributed by atoms with Crippen molar-refractivity contribution in [3.63, 3.8) is 0 Å². The largest absolute Gasteiger partial charge is 0.535 e. The quantitative estimate of drug-likeness (QED) is 0.831. The predicted octanol–water partition coefficient (Wildman–Crippen LogP) is 3.35. The molecule has 0 aromatic heterocycles. The lowest BCUT2D eigenvalue weighted by atomic mass is 10.2. The summed E-state index contributed by atoms with van der Waals surface area (Å²) in [6.45, 7) is 0.108. The minimum Gasteiger partial charge on any atom is -0.445 e. The first-order valence-corrected chi connectivity index (χ1v) is 7.62. The number of ether oxygens (including phenoxy) is 1. The lowest BCUT2D eigenvalue weighted by Gasteiger charge is -2.09. The van der Waals surface area contributed by atoms with E-state index in [4.69, 9.17) is 4.74 Å². The van der Waals surface area contributed by atoms with E-state index in [-0.39, 0.29) is 6.61 Å². The number of carbonyl (C=O) groups excluding carboxylic acids is 1. The van der Waals surface area contributed by atoms with Gasteiger partial charge in [-0.25, -0.2) is 4.79 Å². The van der Waals surface area contributed by atoms with Gasteiger partial charge in [0.1, 0.15) is 6.61 Å². The molecule has 0 heterocycles. The number of carbonyl (C=O) groups is 1. The second-order valence-electron chi connectivity index (χ2n) is 4.32. The molecular formula is C15H15NO4P+. The molecule has 108 valence electrons. The molecule has 2 atom stereocenters. The van der Waals surface area contributed by atoms with Crippen molar-refractivity contribution in [2.24, 2.45) is 0 Å². The summed E-state index contributed by atoms with van der Waals surface area (Å²) in [5.74, 6) is -0.982. The first kappa shape index (κ1) is 15.2. The molecule has 0 radical (unpaired) electrons. The smallest absolute Gasteiger partial charge is 0.445 e. The van der Waals surface area contributed by atoms with Crippen molar-refractivity contribution in [1.82, 2.24) is 5.32 Å². The van der Waals surface area contributed by atoms with Gasteiger partial charge in [-0.3, -0.25) is 5.32 Å². The highest BCUT2D eigenvalue weighted by atomic mass is 31.1. The Morgan fingerprint density at radius 1 is 1.10 bits per heavy atom. The van der Waals surface area contributed by atoms with Gasteiger partial charge >= 0.3 is 14.1 Å². The Hall–Kier alpha value is -2.23. The lowest BCUT2D eigenvalue weighted by molar-refractivity contribution is 0.138. The van der Waals surface area contributed by atoms with Gasteiger partial charge in [-0.1, -0.05) is 60.7 Å². The van der Waals surface area contributed by atoms with Crippen LogP contribution in [0.2, 0.25) is 0 Å². The molecule has 0 aliphatic heterocycles. The molecule has 2 aromatic rings. The highest BCUT2D eigenvalue weighted by Crippen LogP contribution is 2.34. The molecule has 2 N–H and O–H groups in total. The zero-order chi connectivity index (χ0) is 15.1. The van der Waals surface area contributed by atoms with Crippen molar-refractivity contribution >= 4 is 14.1 Å². The highest BCUT2D eigenvalue weighted by Gasteiger charge is 2.33. The monoisotopic (exact) mass is 304 g/mol. The Kier molecular flexibility index (Phi) is 5.43. The van der Waals surface area contributed by atoms with Crippen molar-refractivity contribution in [3.05, 3.63) is 71.8 Å². The summed E-state index contributed by atoms with van der Waals surface area (Å²) in [6.07, 6.45) is -0.731. The molecule has 0 saturated heterocycles. The van der Waals surface area contributed by atoms with Crippen molar-refractivity contribution in [2.45, 2.75) is 12.4 Å². The van der Waals surface area contributed by atoms with E-state index in [1.807, 2.05) is 30.3 Å². The molecule has 5 nitrogen and oxygen atoms in total. The van der Waals surface area contributed by atoms with Gasteiger partial charge in [-0.05, 0) is 10.1 Å². The molecule has 21 heavy (non-hydrogen) atoms. The van der Waals surface area contributed by atoms with Crippen LogP contribution >= 0.6 is 8.03 Å². The van der Waals surface area contributed by atoms with Gasteiger partial charge in [0.15, 0.2) is 0 Å². The van der Waals surface area contributed by atoms with E-state index in [0.717, 1.165) is 5.56 Å². The third kappa shape index (κ3) is 4.67. The first-order chi connectivity index (χ1) is 10.2. The zero-order valence-corrected chi connectivity index (χ0v) is 12.1. The maximum absolute atomic E-state index is 11.7. The summed E-state index contributed by atoms with van der Waals surface area (Å²) in [7, 11) is -2.60. The maximum Gasteiger partial charge on any atom is 0.535 e. The van der Waals surface area contributed by atoms with Crippen LogP contribution in [0.1, 0.15) is 16.9 Å². The molecule has 2 aromatic carbocycles. The molecule has 0 bridgehead atoms. The van der Waals surface area contributed by atoms with E-state index in [0.29, 0.717) is 5.56 Å². The van der Waals surface area contributed by atoms with Gasteiger partial charge < -0.3 is 4.74 Å². The number of alkyl carbamates (subject to hydrolysis) is 1. The molecule has 2 rings (SSSR count). The van der Waals surface area contributed by atoms with Crippen LogP contribution in [0.15, 0.2) is 60.7 Å². The number of hydrogen-bond donors (Lipinski definition) is 2. The second kappa shape index (κ2) is 7.53. The Morgan fingerprint density at radius 2 is 1.67 bits per heavy atom. The minimum atomic E-state index is -2.60. The summed E-state index contributed by atoms with van der Waals surface area (Å²) in [6, 6.07) is 17.8. The molecule has 1 amide bonds. The maximum atomic E-state index is 11.7. The fraction of sp³-hybridized carbons (Fsp3) is 0.133. The predicted molar refractivity (Wildman–Crippen MR) is 78.8 cm³/mol. The zero-order valence-electron chi connectivity index (χ0n) is 11.2. The van der Waals surface area contributed by atoms with Crippen LogP contribution in [0.5, 0.6) is 0 Å². The van der Waals surface area contributed by atoms with Gasteiger partial charge in [-0.2, -0.15) is 4.89 Å². The van der Waals surface area contributed by atoms with Crippen LogP contribution in [0.25, 0.3) is 0 Å². The van der Waals surface area contributed by atoms with E-state index in [2.05, 4.69) is 5.32 Å². The topological polar surface area (TPSA) is 75.6 Å². The average Bonchev–Trinajstić information content (AvgIpc) is 2.52. The van der Waals surface area contributed by atoms with E-state index in [1.165, 1.54) is 0 Å². The number of benzene rings is 2. The van der Waals surface area contributed by atoms with Gasteiger partial charge in [0, 0.05) is 5.56 Å². The van der Waals surface area contributed by atoms with E-state index < -0.39 is 19.9 Å². The summed E-state index contributed by atoms with van der Waals surface area (Å²) in [5, 5.41) is 2.41. The molecule has 0 aliphatic carbocycles. The average molecular weight is 304 g/mol. The Labute approximate surface area is 123 Å². The van der Waals surface area contributed by atoms with E-state index >= 15 is 0 Å². The Balaban J connectivity index is 1.95. The highest BCUT2D eigenvalue weighted by molar-refractivity contribution is 7.38. The number of nitrogens with one attached hydrogen (secondary N) is 1. The minimum absolute atomic E-state index is 0.108. The first-order valence-electron chi connectivity index (χ1n) is 6.34. The van der Waals surface area contributed by atoms with E-state index in [9.17, 15) is 14.3 Å². The summed E-state index contributed by atoms with van der Waals surface area (Å²) in [5.41, 5.74) is 1.40. The van der Waals surface area contributed by atoms with Gasteiger partial charge in [0.2, 0.25) is 0 Å². The van der Waals surface area contributed by atoms with E-state index in [1.54, 1.807) is 30.3 Å². The normalized spacial score (nSPS) is 12.3. The van der Waals surface area contributed by atoms with Gasteiger partial charge in [0.05, 0.1) is 0 Å². The number of hydrogen-bond acceptors (Lipinski definition) is 3. The van der Waals surface area contributed by atoms with Gasteiger partial charge in [-0.15, -0.1) is 0 Å². The molecule has 0 aliphatic rings. The SMILES string of the molecule is O=C(N[C@@H](c1ccccc1)[P+](=O)O)OCc1ccccc1. The standard InChI is InChI=1S/C15H14NO4P/c17-15(20-11-12-7-3-1-4-8-12)16-14(21(18)19)13-9-5-2-6-10-13/h1-10,14H,11H2,(H-,16,17,18,19)/p+1/t14-/m1/s1. The molecule has 0 spiro atoms. The fourth-order valence-corrected chi connectivity index (χ4v) is 2.42. The van der Waals surface area contributed by atoms with Crippen LogP contribution < -0.4 is 5.32 Å². The van der Waals surface area contributed by atoms with Crippen LogP contribution in [-0.2, 0) is 15.9 Å². The molecule has 1 unspecified atom stereocenters. The van der Waals surface area contributed by atoms with Crippen LogP contribution in [0, 0.1) is 0 Å². The molecular weight excluding hydrogens is 289 g/mol. The van der Waals surface area contributed by atoms with Gasteiger partial charge in [0.25, 0.3) is 5.78 Å². The lowest BCUT2D eigenvalue weighted by Crippen LogP contribution is -2.27. The van der Waals surface area contributed by atoms with Crippen molar-refractivity contribution in [3.8, 4) is 0 Å². The summed E-state index contributed by atoms with van der Waals surface area (Å²) >= 11 is 0. The van der Waals surface area contributed by atoms with Crippen molar-refractivity contribution in [2.75, 3.05) is 0 Å². The number of rotatable bonds is 5. The van der Waals surface area contributed by atoms with Crippen LogP contribution in [0.3, 0.4) is 0 Å². The van der Waals surface area contributed by atoms with Crippen molar-refractivity contribution < 1.29 is 19.0 Å². The second-order valence-corrected chi connectivity index (χ2v) is 5.44. The summed E-state index contributed by atoms with van der Waals surface area (Å²) < 4.78 is 16.4. The van der Waals surface area contributed by atoms with Crippen LogP contribution in [0.4, 0.5) is 4.79 Å². The fourth-order valence-electron chi connectivity index (χ4n) is 1.78. The van der Waals surface area contributed by atoms with Crippen LogP contribution in [-0.4, -0.2) is 11.0 Å². The Morgan fingerprint density at radius 3 is 2.24 bits per heavy atom. The third-order valence-electron chi connectivity index (χ3n) is 2.80. The Bertz CT molecular complexity index is 604.